The zero-order valence-corrected chi connectivity index (χ0v) is 17.8. The molecule has 0 unspecified atom stereocenters. The van der Waals surface area contributed by atoms with Crippen molar-refractivity contribution in [3.8, 4) is 11.5 Å². The average molecular weight is 416 g/mol. The Morgan fingerprint density at radius 3 is 2.72 bits per heavy atom. The van der Waals surface area contributed by atoms with Crippen molar-refractivity contribution in [2.24, 2.45) is 7.05 Å². The molecule has 3 rings (SSSR count). The van der Waals surface area contributed by atoms with E-state index in [4.69, 9.17) is 21.1 Å². The Labute approximate surface area is 175 Å². The van der Waals surface area contributed by atoms with Gasteiger partial charge in [-0.15, -0.1) is 0 Å². The molecule has 0 aliphatic heterocycles. The monoisotopic (exact) mass is 415 g/mol. The van der Waals surface area contributed by atoms with E-state index in [-0.39, 0.29) is 5.91 Å². The van der Waals surface area contributed by atoms with Crippen molar-refractivity contribution >= 4 is 28.5 Å². The molecule has 1 aromatic heterocycles. The highest BCUT2D eigenvalue weighted by atomic mass is 35.5. The molecule has 0 spiro atoms. The van der Waals surface area contributed by atoms with Gasteiger partial charge in [-0.25, -0.2) is 4.98 Å². The quantitative estimate of drug-likeness (QED) is 0.513. The van der Waals surface area contributed by atoms with Crippen LogP contribution < -0.4 is 14.8 Å². The number of nitrogens with one attached hydrogen (secondary N) is 1. The minimum Gasteiger partial charge on any atom is -0.490 e. The maximum absolute atomic E-state index is 12.7. The average Bonchev–Trinajstić information content (AvgIpc) is 3.04. The van der Waals surface area contributed by atoms with Gasteiger partial charge in [-0.2, -0.15) is 0 Å². The number of rotatable bonds is 9. The Morgan fingerprint density at radius 1 is 1.21 bits per heavy atom. The smallest absolute Gasteiger partial charge is 0.251 e. The first-order chi connectivity index (χ1) is 14.0. The Balaban J connectivity index is 1.76. The van der Waals surface area contributed by atoms with E-state index in [1.165, 1.54) is 0 Å². The fourth-order valence-corrected chi connectivity index (χ4v) is 3.30. The molecular weight excluding hydrogens is 390 g/mol. The van der Waals surface area contributed by atoms with Gasteiger partial charge < -0.3 is 19.4 Å². The predicted molar refractivity (Wildman–Crippen MR) is 115 cm³/mol. The van der Waals surface area contributed by atoms with E-state index in [9.17, 15) is 4.79 Å². The van der Waals surface area contributed by atoms with Crippen LogP contribution >= 0.6 is 11.6 Å². The number of hydrogen-bond acceptors (Lipinski definition) is 4. The van der Waals surface area contributed by atoms with E-state index < -0.39 is 0 Å². The molecule has 1 amide bonds. The standard InChI is InChI=1S/C22H26ClN3O3/c1-4-6-11-29-21-16(23)12-15(13-19(21)28-5-2)22(27)24-14-20-25-17-9-7-8-10-18(17)26(20)3/h7-10,12-13H,4-6,11,14H2,1-3H3,(H,24,27). The molecule has 1 heterocycles. The number of imidazole rings is 1. The number of carbonyl (C=O) groups is 1. The van der Waals surface area contributed by atoms with Crippen LogP contribution in [0.5, 0.6) is 11.5 Å². The molecule has 0 aliphatic carbocycles. The van der Waals surface area contributed by atoms with Gasteiger partial charge in [0.15, 0.2) is 11.5 Å². The van der Waals surface area contributed by atoms with E-state index in [1.54, 1.807) is 12.1 Å². The van der Waals surface area contributed by atoms with Crippen LogP contribution in [0.1, 0.15) is 42.9 Å². The minimum atomic E-state index is -0.250. The summed E-state index contributed by atoms with van der Waals surface area (Å²) in [6, 6.07) is 11.1. The molecule has 0 saturated carbocycles. The van der Waals surface area contributed by atoms with Crippen molar-refractivity contribution in [1.82, 2.24) is 14.9 Å². The van der Waals surface area contributed by atoms with E-state index in [2.05, 4.69) is 17.2 Å². The van der Waals surface area contributed by atoms with Gasteiger partial charge in [-0.1, -0.05) is 37.1 Å². The summed E-state index contributed by atoms with van der Waals surface area (Å²) in [5, 5.41) is 3.27. The highest BCUT2D eigenvalue weighted by molar-refractivity contribution is 6.32. The molecule has 3 aromatic rings. The maximum Gasteiger partial charge on any atom is 0.251 e. The number of para-hydroxylation sites is 2. The summed E-state index contributed by atoms with van der Waals surface area (Å²) >= 11 is 6.39. The Bertz CT molecular complexity index is 1000. The summed E-state index contributed by atoms with van der Waals surface area (Å²) < 4.78 is 13.4. The van der Waals surface area contributed by atoms with Gasteiger partial charge >= 0.3 is 0 Å². The number of ether oxygens (including phenoxy) is 2. The first kappa shape index (κ1) is 21.0. The SMILES string of the molecule is CCCCOc1c(Cl)cc(C(=O)NCc2nc3ccccc3n2C)cc1OCC. The van der Waals surface area contributed by atoms with E-state index in [0.29, 0.717) is 41.8 Å². The fourth-order valence-electron chi connectivity index (χ4n) is 3.04. The van der Waals surface area contributed by atoms with Crippen LogP contribution in [0.15, 0.2) is 36.4 Å². The number of halogens is 1. The maximum atomic E-state index is 12.7. The lowest BCUT2D eigenvalue weighted by Crippen LogP contribution is -2.24. The second-order valence-electron chi connectivity index (χ2n) is 6.68. The number of fused-ring (bicyclic) bond motifs is 1. The Hall–Kier alpha value is -2.73. The Morgan fingerprint density at radius 2 is 2.00 bits per heavy atom. The molecule has 0 aliphatic rings. The number of nitrogens with zero attached hydrogens (tertiary/aromatic N) is 2. The number of benzene rings is 2. The summed E-state index contributed by atoms with van der Waals surface area (Å²) in [5.74, 6) is 1.48. The summed E-state index contributed by atoms with van der Waals surface area (Å²) in [7, 11) is 1.93. The number of carbonyl (C=O) groups excluding carboxylic acids is 1. The molecule has 154 valence electrons. The minimum absolute atomic E-state index is 0.250. The van der Waals surface area contributed by atoms with Crippen LogP contribution in [0.2, 0.25) is 5.02 Å². The van der Waals surface area contributed by atoms with Gasteiger partial charge in [-0.05, 0) is 37.6 Å². The molecule has 1 N–H and O–H groups in total. The predicted octanol–water partition coefficient (Wildman–Crippen LogP) is 4.73. The molecule has 29 heavy (non-hydrogen) atoms. The van der Waals surface area contributed by atoms with Crippen LogP contribution in [0, 0.1) is 0 Å². The number of amides is 1. The van der Waals surface area contributed by atoms with E-state index in [0.717, 1.165) is 29.7 Å². The molecule has 7 heteroatoms. The van der Waals surface area contributed by atoms with Crippen molar-refractivity contribution in [2.75, 3.05) is 13.2 Å². The third-order valence-corrected chi connectivity index (χ3v) is 4.88. The molecule has 2 aromatic carbocycles. The van der Waals surface area contributed by atoms with E-state index >= 15 is 0 Å². The molecular formula is C22H26ClN3O3. The molecule has 0 atom stereocenters. The van der Waals surface area contributed by atoms with Crippen LogP contribution in [0.3, 0.4) is 0 Å². The van der Waals surface area contributed by atoms with Gasteiger partial charge in [0.05, 0.1) is 35.8 Å². The molecule has 0 bridgehead atoms. The number of hydrogen-bond donors (Lipinski definition) is 1. The van der Waals surface area contributed by atoms with Crippen LogP contribution in [0.25, 0.3) is 11.0 Å². The molecule has 0 radical (unpaired) electrons. The second-order valence-corrected chi connectivity index (χ2v) is 7.09. The highest BCUT2D eigenvalue weighted by Crippen LogP contribution is 2.37. The van der Waals surface area contributed by atoms with Gasteiger partial charge in [-0.3, -0.25) is 4.79 Å². The summed E-state index contributed by atoms with van der Waals surface area (Å²) in [6.07, 6.45) is 1.94. The van der Waals surface area contributed by atoms with Crippen LogP contribution in [0.4, 0.5) is 0 Å². The van der Waals surface area contributed by atoms with E-state index in [1.807, 2.05) is 42.8 Å². The van der Waals surface area contributed by atoms with Gasteiger partial charge in [0.2, 0.25) is 0 Å². The lowest BCUT2D eigenvalue weighted by molar-refractivity contribution is 0.0949. The highest BCUT2D eigenvalue weighted by Gasteiger charge is 2.17. The van der Waals surface area contributed by atoms with Crippen LogP contribution in [-0.2, 0) is 13.6 Å². The van der Waals surface area contributed by atoms with Crippen molar-refractivity contribution in [3.63, 3.8) is 0 Å². The lowest BCUT2D eigenvalue weighted by atomic mass is 10.2. The summed E-state index contributed by atoms with van der Waals surface area (Å²) in [6.45, 7) is 5.27. The normalized spacial score (nSPS) is 10.9. The van der Waals surface area contributed by atoms with Crippen molar-refractivity contribution in [3.05, 3.63) is 52.8 Å². The first-order valence-corrected chi connectivity index (χ1v) is 10.2. The van der Waals surface area contributed by atoms with Crippen LogP contribution in [-0.4, -0.2) is 28.7 Å². The third-order valence-electron chi connectivity index (χ3n) is 4.60. The topological polar surface area (TPSA) is 65.4 Å². The van der Waals surface area contributed by atoms with Gasteiger partial charge in [0, 0.05) is 12.6 Å². The lowest BCUT2D eigenvalue weighted by Gasteiger charge is -2.15. The molecule has 0 fully saturated rings. The first-order valence-electron chi connectivity index (χ1n) is 9.82. The zero-order valence-electron chi connectivity index (χ0n) is 17.0. The van der Waals surface area contributed by atoms with Gasteiger partial charge in [0.1, 0.15) is 5.82 Å². The molecule has 0 saturated heterocycles. The zero-order chi connectivity index (χ0) is 20.8. The van der Waals surface area contributed by atoms with Crippen molar-refractivity contribution in [2.45, 2.75) is 33.2 Å². The van der Waals surface area contributed by atoms with Gasteiger partial charge in [0.25, 0.3) is 5.91 Å². The molecule has 6 nitrogen and oxygen atoms in total. The largest absolute Gasteiger partial charge is 0.490 e. The Kier molecular flexibility index (Phi) is 6.99. The van der Waals surface area contributed by atoms with Crippen molar-refractivity contribution < 1.29 is 14.3 Å². The fraction of sp³-hybridized carbons (Fsp3) is 0.364. The number of aromatic nitrogens is 2. The summed E-state index contributed by atoms with van der Waals surface area (Å²) in [5.41, 5.74) is 2.33. The number of unbranched alkanes of at least 4 members (excludes halogenated alkanes) is 1. The second kappa shape index (κ2) is 9.65. The van der Waals surface area contributed by atoms with Crippen molar-refractivity contribution in [1.29, 1.82) is 0 Å². The number of aryl methyl sites for hydroxylation is 1. The third kappa shape index (κ3) is 4.82. The summed E-state index contributed by atoms with van der Waals surface area (Å²) in [4.78, 5) is 17.3.